The number of nitrogens with zero attached hydrogens (tertiary/aromatic N) is 1. The molecule has 124 valence electrons. The lowest BCUT2D eigenvalue weighted by Crippen LogP contribution is -2.26. The van der Waals surface area contributed by atoms with E-state index in [1.165, 1.54) is 0 Å². The van der Waals surface area contributed by atoms with E-state index in [4.69, 9.17) is 9.15 Å². The van der Waals surface area contributed by atoms with Crippen molar-refractivity contribution in [2.45, 2.75) is 13.3 Å². The molecule has 0 unspecified atom stereocenters. The molecule has 6 nitrogen and oxygen atoms in total. The van der Waals surface area contributed by atoms with Crippen molar-refractivity contribution in [1.82, 2.24) is 15.5 Å². The molecule has 2 aromatic heterocycles. The van der Waals surface area contributed by atoms with E-state index in [0.717, 1.165) is 17.1 Å². The molecule has 0 saturated heterocycles. The van der Waals surface area contributed by atoms with Crippen LogP contribution in [0, 0.1) is 6.92 Å². The maximum atomic E-state index is 12.2. The zero-order valence-electron chi connectivity index (χ0n) is 13.6. The lowest BCUT2D eigenvalue weighted by molar-refractivity contribution is 0.0949. The van der Waals surface area contributed by atoms with Gasteiger partial charge in [0.15, 0.2) is 11.5 Å². The van der Waals surface area contributed by atoms with Gasteiger partial charge < -0.3 is 14.5 Å². The quantitative estimate of drug-likeness (QED) is 0.730. The molecule has 0 saturated carbocycles. The molecule has 0 aliphatic carbocycles. The number of H-pyrrole nitrogens is 1. The molecule has 0 fully saturated rings. The van der Waals surface area contributed by atoms with Crippen LogP contribution in [0.3, 0.4) is 0 Å². The molecule has 1 aromatic carbocycles. The van der Waals surface area contributed by atoms with Crippen molar-refractivity contribution < 1.29 is 13.9 Å². The first-order valence-electron chi connectivity index (χ1n) is 7.69. The van der Waals surface area contributed by atoms with Crippen LogP contribution < -0.4 is 10.1 Å². The first-order valence-corrected chi connectivity index (χ1v) is 7.69. The summed E-state index contributed by atoms with van der Waals surface area (Å²) in [6, 6.07) is 13.1. The van der Waals surface area contributed by atoms with Crippen molar-refractivity contribution in [3.63, 3.8) is 0 Å². The van der Waals surface area contributed by atoms with Gasteiger partial charge in [-0.2, -0.15) is 5.10 Å². The minimum absolute atomic E-state index is 0.226. The first kappa shape index (κ1) is 15.9. The minimum Gasteiger partial charge on any atom is -0.496 e. The van der Waals surface area contributed by atoms with Gasteiger partial charge in [0.05, 0.1) is 7.11 Å². The maximum Gasteiger partial charge on any atom is 0.271 e. The molecule has 0 radical (unpaired) electrons. The zero-order valence-corrected chi connectivity index (χ0v) is 13.6. The van der Waals surface area contributed by atoms with Gasteiger partial charge >= 0.3 is 0 Å². The molecular weight excluding hydrogens is 306 g/mol. The van der Waals surface area contributed by atoms with E-state index >= 15 is 0 Å². The number of aromatic nitrogens is 2. The van der Waals surface area contributed by atoms with Crippen molar-refractivity contribution in [3.05, 3.63) is 59.5 Å². The molecule has 6 heteroatoms. The van der Waals surface area contributed by atoms with Gasteiger partial charge in [0.25, 0.3) is 5.91 Å². The van der Waals surface area contributed by atoms with Gasteiger partial charge in [-0.05, 0) is 37.1 Å². The highest BCUT2D eigenvalue weighted by Gasteiger charge is 2.13. The van der Waals surface area contributed by atoms with Crippen molar-refractivity contribution in [2.24, 2.45) is 0 Å². The van der Waals surface area contributed by atoms with Gasteiger partial charge in [-0.1, -0.05) is 18.2 Å². The van der Waals surface area contributed by atoms with Crippen LogP contribution in [-0.4, -0.2) is 29.8 Å². The zero-order chi connectivity index (χ0) is 16.9. The molecule has 3 rings (SSSR count). The summed E-state index contributed by atoms with van der Waals surface area (Å²) < 4.78 is 10.8. The third-order valence-electron chi connectivity index (χ3n) is 3.69. The predicted molar refractivity (Wildman–Crippen MR) is 90.1 cm³/mol. The van der Waals surface area contributed by atoms with E-state index in [-0.39, 0.29) is 5.91 Å². The Hall–Kier alpha value is -3.02. The predicted octanol–water partition coefficient (Wildman–Crippen LogP) is 2.96. The largest absolute Gasteiger partial charge is 0.496 e. The molecular formula is C18H19N3O3. The summed E-state index contributed by atoms with van der Waals surface area (Å²) in [6.45, 7) is 2.37. The van der Waals surface area contributed by atoms with Crippen LogP contribution >= 0.6 is 0 Å². The number of benzene rings is 1. The first-order chi connectivity index (χ1) is 11.7. The number of nitrogens with one attached hydrogen (secondary N) is 2. The lowest BCUT2D eigenvalue weighted by atomic mass is 10.1. The van der Waals surface area contributed by atoms with Gasteiger partial charge in [0.1, 0.15) is 17.2 Å². The minimum atomic E-state index is -0.226. The van der Waals surface area contributed by atoms with E-state index in [1.54, 1.807) is 13.2 Å². The summed E-state index contributed by atoms with van der Waals surface area (Å²) in [4.78, 5) is 12.2. The van der Waals surface area contributed by atoms with E-state index < -0.39 is 0 Å². The second kappa shape index (κ2) is 7.04. The Bertz CT molecular complexity index is 835. The Morgan fingerprint density at radius 1 is 1.29 bits per heavy atom. The van der Waals surface area contributed by atoms with Gasteiger partial charge in [0.2, 0.25) is 0 Å². The Balaban J connectivity index is 1.58. The summed E-state index contributed by atoms with van der Waals surface area (Å²) in [5, 5.41) is 9.72. The van der Waals surface area contributed by atoms with Gasteiger partial charge in [0, 0.05) is 12.6 Å². The second-order valence-electron chi connectivity index (χ2n) is 5.39. The van der Waals surface area contributed by atoms with Crippen LogP contribution in [0.2, 0.25) is 0 Å². The summed E-state index contributed by atoms with van der Waals surface area (Å²) in [6.07, 6.45) is 0.685. The fourth-order valence-electron chi connectivity index (χ4n) is 2.45. The summed E-state index contributed by atoms with van der Waals surface area (Å²) in [7, 11) is 1.64. The topological polar surface area (TPSA) is 80.1 Å². The average Bonchev–Trinajstić information content (AvgIpc) is 3.24. The maximum absolute atomic E-state index is 12.2. The Morgan fingerprint density at radius 2 is 2.12 bits per heavy atom. The number of carbonyl (C=O) groups is 1. The highest BCUT2D eigenvalue weighted by atomic mass is 16.5. The average molecular weight is 325 g/mol. The molecule has 0 atom stereocenters. The fourth-order valence-corrected chi connectivity index (χ4v) is 2.45. The number of hydrogen-bond acceptors (Lipinski definition) is 4. The number of carbonyl (C=O) groups excluding carboxylic acids is 1. The smallest absolute Gasteiger partial charge is 0.271 e. The van der Waals surface area contributed by atoms with E-state index in [0.29, 0.717) is 30.1 Å². The third-order valence-corrected chi connectivity index (χ3v) is 3.69. The molecule has 24 heavy (non-hydrogen) atoms. The SMILES string of the molecule is COc1ccccc1CCNC(=O)c1cc(-c2ccc(C)o2)[nH]n1. The van der Waals surface area contributed by atoms with Gasteiger partial charge in [-0.3, -0.25) is 9.89 Å². The van der Waals surface area contributed by atoms with E-state index in [1.807, 2.05) is 43.3 Å². The van der Waals surface area contributed by atoms with Gasteiger partial charge in [-0.15, -0.1) is 0 Å². The standard InChI is InChI=1S/C18H19N3O3/c1-12-7-8-17(24-12)14-11-15(21-20-14)18(22)19-10-9-13-5-3-4-6-16(13)23-2/h3-8,11H,9-10H2,1-2H3,(H,19,22)(H,20,21). The molecule has 0 bridgehead atoms. The van der Waals surface area contributed by atoms with Crippen molar-refractivity contribution in [2.75, 3.05) is 13.7 Å². The number of aryl methyl sites for hydroxylation is 1. The molecule has 3 aromatic rings. The Kier molecular flexibility index (Phi) is 4.65. The number of amides is 1. The van der Waals surface area contributed by atoms with Crippen LogP contribution in [0.1, 0.15) is 21.8 Å². The van der Waals surface area contributed by atoms with E-state index in [2.05, 4.69) is 15.5 Å². The summed E-state index contributed by atoms with van der Waals surface area (Å²) in [5.74, 6) is 2.06. The Labute approximate surface area is 139 Å². The van der Waals surface area contributed by atoms with Crippen LogP contribution in [0.4, 0.5) is 0 Å². The van der Waals surface area contributed by atoms with Crippen LogP contribution in [-0.2, 0) is 6.42 Å². The van der Waals surface area contributed by atoms with Crippen LogP contribution in [0.25, 0.3) is 11.5 Å². The number of rotatable bonds is 6. The Morgan fingerprint density at radius 3 is 2.88 bits per heavy atom. The van der Waals surface area contributed by atoms with Crippen molar-refractivity contribution in [1.29, 1.82) is 0 Å². The number of hydrogen-bond donors (Lipinski definition) is 2. The highest BCUT2D eigenvalue weighted by molar-refractivity contribution is 5.93. The molecule has 0 aliphatic heterocycles. The van der Waals surface area contributed by atoms with Crippen molar-refractivity contribution in [3.8, 4) is 17.2 Å². The molecule has 2 N–H and O–H groups in total. The van der Waals surface area contributed by atoms with Crippen LogP contribution in [0.5, 0.6) is 5.75 Å². The molecule has 0 aliphatic rings. The van der Waals surface area contributed by atoms with Gasteiger partial charge in [-0.25, -0.2) is 0 Å². The number of aromatic amines is 1. The molecule has 2 heterocycles. The third kappa shape index (κ3) is 3.48. The number of para-hydroxylation sites is 1. The lowest BCUT2D eigenvalue weighted by Gasteiger charge is -2.08. The molecule has 0 spiro atoms. The number of methoxy groups -OCH3 is 1. The number of ether oxygens (including phenoxy) is 1. The number of furan rings is 1. The summed E-state index contributed by atoms with van der Waals surface area (Å²) >= 11 is 0. The van der Waals surface area contributed by atoms with Crippen molar-refractivity contribution >= 4 is 5.91 Å². The monoisotopic (exact) mass is 325 g/mol. The van der Waals surface area contributed by atoms with E-state index in [9.17, 15) is 4.79 Å². The fraction of sp³-hybridized carbons (Fsp3) is 0.222. The summed E-state index contributed by atoms with van der Waals surface area (Å²) in [5.41, 5.74) is 2.06. The van der Waals surface area contributed by atoms with Crippen LogP contribution in [0.15, 0.2) is 46.9 Å². The normalized spacial score (nSPS) is 10.6. The second-order valence-corrected chi connectivity index (χ2v) is 5.39. The highest BCUT2D eigenvalue weighted by Crippen LogP contribution is 2.20. The molecule has 1 amide bonds.